The molecule has 6 heteroatoms. The number of aromatic nitrogens is 2. The predicted octanol–water partition coefficient (Wildman–Crippen LogP) is 4.17. The summed E-state index contributed by atoms with van der Waals surface area (Å²) in [4.78, 5) is 12.2. The van der Waals surface area contributed by atoms with E-state index in [-0.39, 0.29) is 5.91 Å². The number of hydrogen-bond donors (Lipinski definition) is 1. The minimum Gasteiger partial charge on any atom is -0.462 e. The molecule has 0 atom stereocenters. The van der Waals surface area contributed by atoms with Crippen LogP contribution in [0.5, 0.6) is 0 Å². The zero-order valence-electron chi connectivity index (χ0n) is 12.2. The highest BCUT2D eigenvalue weighted by Crippen LogP contribution is 2.26. The van der Waals surface area contributed by atoms with Crippen LogP contribution in [0.3, 0.4) is 0 Å². The largest absolute Gasteiger partial charge is 0.462 e. The lowest BCUT2D eigenvalue weighted by Gasteiger charge is -2.06. The number of carbonyl (C=O) groups is 1. The van der Waals surface area contributed by atoms with E-state index in [1.54, 1.807) is 18.4 Å². The van der Waals surface area contributed by atoms with Gasteiger partial charge in [-0.25, -0.2) is 0 Å². The molecular weight excluding hydrogens is 298 g/mol. The van der Waals surface area contributed by atoms with Crippen LogP contribution in [0.25, 0.3) is 10.8 Å². The van der Waals surface area contributed by atoms with Crippen LogP contribution in [-0.4, -0.2) is 16.1 Å². The third kappa shape index (κ3) is 3.07. The number of benzene rings is 1. The van der Waals surface area contributed by atoms with Crippen molar-refractivity contribution >= 4 is 22.4 Å². The van der Waals surface area contributed by atoms with E-state index < -0.39 is 0 Å². The molecule has 0 fully saturated rings. The summed E-state index contributed by atoms with van der Waals surface area (Å²) in [7, 11) is 0. The molecule has 0 radical (unpaired) electrons. The van der Waals surface area contributed by atoms with Gasteiger partial charge in [-0.2, -0.15) is 0 Å². The van der Waals surface area contributed by atoms with E-state index in [2.05, 4.69) is 29.4 Å². The van der Waals surface area contributed by atoms with E-state index in [1.165, 1.54) is 16.9 Å². The Morgan fingerprint density at radius 3 is 2.59 bits per heavy atom. The van der Waals surface area contributed by atoms with Crippen LogP contribution in [0, 0.1) is 0 Å². The smallest absolute Gasteiger partial charge is 0.257 e. The van der Waals surface area contributed by atoms with Gasteiger partial charge < -0.3 is 4.42 Å². The van der Waals surface area contributed by atoms with Gasteiger partial charge in [0.05, 0.1) is 6.26 Å². The molecule has 3 rings (SSSR count). The van der Waals surface area contributed by atoms with E-state index in [0.717, 1.165) is 0 Å². The third-order valence-electron chi connectivity index (χ3n) is 3.22. The lowest BCUT2D eigenvalue weighted by molar-refractivity contribution is 0.102. The average Bonchev–Trinajstić information content (AvgIpc) is 3.18. The molecule has 1 amide bonds. The molecule has 2 aromatic heterocycles. The molecule has 0 aliphatic heterocycles. The second-order valence-corrected chi connectivity index (χ2v) is 6.10. The molecular formula is C16H15N3O2S. The summed E-state index contributed by atoms with van der Waals surface area (Å²) in [6, 6.07) is 11.2. The number of nitrogens with zero attached hydrogens (tertiary/aromatic N) is 2. The number of hydrogen-bond acceptors (Lipinski definition) is 5. The molecule has 0 bridgehead atoms. The Kier molecular flexibility index (Phi) is 4.02. The van der Waals surface area contributed by atoms with Crippen molar-refractivity contribution in [1.82, 2.24) is 10.2 Å². The van der Waals surface area contributed by atoms with Crippen LogP contribution in [-0.2, 0) is 0 Å². The first kappa shape index (κ1) is 14.5. The Hall–Kier alpha value is -2.47. The predicted molar refractivity (Wildman–Crippen MR) is 86.1 cm³/mol. The van der Waals surface area contributed by atoms with E-state index in [0.29, 0.717) is 27.4 Å². The second-order valence-electron chi connectivity index (χ2n) is 5.12. The van der Waals surface area contributed by atoms with E-state index >= 15 is 0 Å². The van der Waals surface area contributed by atoms with Gasteiger partial charge in [0.15, 0.2) is 10.8 Å². The number of anilines is 1. The van der Waals surface area contributed by atoms with Crippen LogP contribution in [0.1, 0.15) is 35.7 Å². The van der Waals surface area contributed by atoms with Crippen LogP contribution in [0.4, 0.5) is 5.13 Å². The van der Waals surface area contributed by atoms with Gasteiger partial charge in [0.25, 0.3) is 5.91 Å². The maximum absolute atomic E-state index is 12.2. The Morgan fingerprint density at radius 2 is 1.95 bits per heavy atom. The van der Waals surface area contributed by atoms with Gasteiger partial charge in [-0.15, -0.1) is 10.2 Å². The van der Waals surface area contributed by atoms with E-state index in [9.17, 15) is 4.79 Å². The highest BCUT2D eigenvalue weighted by molar-refractivity contribution is 7.18. The number of rotatable bonds is 4. The normalized spacial score (nSPS) is 10.9. The molecule has 112 valence electrons. The topological polar surface area (TPSA) is 68.0 Å². The summed E-state index contributed by atoms with van der Waals surface area (Å²) in [6.07, 6.45) is 1.57. The molecule has 0 unspecified atom stereocenters. The Balaban J connectivity index is 1.71. The fraction of sp³-hybridized carbons (Fsp3) is 0.188. The summed E-state index contributed by atoms with van der Waals surface area (Å²) in [5.74, 6) is 0.882. The zero-order chi connectivity index (χ0) is 15.5. The Labute approximate surface area is 132 Å². The number of amides is 1. The van der Waals surface area contributed by atoms with Crippen molar-refractivity contribution in [3.8, 4) is 10.8 Å². The summed E-state index contributed by atoms with van der Waals surface area (Å²) in [5.41, 5.74) is 1.80. The molecule has 3 aromatic rings. The van der Waals surface area contributed by atoms with Gasteiger partial charge in [0.1, 0.15) is 0 Å². The Morgan fingerprint density at radius 1 is 1.18 bits per heavy atom. The first-order valence-corrected chi connectivity index (χ1v) is 7.74. The lowest BCUT2D eigenvalue weighted by atomic mass is 10.0. The van der Waals surface area contributed by atoms with Crippen LogP contribution in [0.15, 0.2) is 47.1 Å². The van der Waals surface area contributed by atoms with Crippen molar-refractivity contribution in [3.05, 3.63) is 53.8 Å². The first-order valence-electron chi connectivity index (χ1n) is 6.92. The summed E-state index contributed by atoms with van der Waals surface area (Å²) in [5, 5.41) is 11.8. The monoisotopic (exact) mass is 313 g/mol. The van der Waals surface area contributed by atoms with Crippen LogP contribution < -0.4 is 5.32 Å². The molecule has 1 N–H and O–H groups in total. The Bertz CT molecular complexity index is 761. The summed E-state index contributed by atoms with van der Waals surface area (Å²) in [6.45, 7) is 4.24. The molecule has 0 saturated carbocycles. The van der Waals surface area contributed by atoms with E-state index in [1.807, 2.05) is 24.3 Å². The van der Waals surface area contributed by atoms with Crippen molar-refractivity contribution in [1.29, 1.82) is 0 Å². The van der Waals surface area contributed by atoms with Gasteiger partial charge in [-0.05, 0) is 35.7 Å². The van der Waals surface area contributed by atoms with Gasteiger partial charge in [-0.3, -0.25) is 10.1 Å². The van der Waals surface area contributed by atoms with Crippen molar-refractivity contribution in [3.63, 3.8) is 0 Å². The highest BCUT2D eigenvalue weighted by atomic mass is 32.1. The van der Waals surface area contributed by atoms with Crippen molar-refractivity contribution in [2.75, 3.05) is 5.32 Å². The average molecular weight is 313 g/mol. The van der Waals surface area contributed by atoms with Crippen LogP contribution in [0.2, 0.25) is 0 Å². The molecule has 5 nitrogen and oxygen atoms in total. The third-order valence-corrected chi connectivity index (χ3v) is 4.07. The molecule has 0 spiro atoms. The number of furan rings is 1. The summed E-state index contributed by atoms with van der Waals surface area (Å²) < 4.78 is 5.25. The number of nitrogens with one attached hydrogen (secondary N) is 1. The van der Waals surface area contributed by atoms with Gasteiger partial charge in [-0.1, -0.05) is 37.3 Å². The lowest BCUT2D eigenvalue weighted by Crippen LogP contribution is -2.11. The fourth-order valence-corrected chi connectivity index (χ4v) is 2.67. The standard InChI is InChI=1S/C16H15N3O2S/c1-10(2)11-5-7-12(8-6-11)14(20)17-16-19-18-15(22-16)13-4-3-9-21-13/h3-10H,1-2H3,(H,17,19,20). The minimum absolute atomic E-state index is 0.197. The molecule has 2 heterocycles. The molecule has 22 heavy (non-hydrogen) atoms. The maximum Gasteiger partial charge on any atom is 0.257 e. The minimum atomic E-state index is -0.197. The molecule has 0 saturated heterocycles. The fourth-order valence-electron chi connectivity index (χ4n) is 1.96. The second kappa shape index (κ2) is 6.11. The zero-order valence-corrected chi connectivity index (χ0v) is 13.1. The first-order chi connectivity index (χ1) is 10.6. The highest BCUT2D eigenvalue weighted by Gasteiger charge is 2.12. The van der Waals surface area contributed by atoms with Gasteiger partial charge in [0.2, 0.25) is 5.13 Å². The van der Waals surface area contributed by atoms with Crippen molar-refractivity contribution in [2.45, 2.75) is 19.8 Å². The summed E-state index contributed by atoms with van der Waals surface area (Å²) >= 11 is 1.27. The molecule has 0 aliphatic rings. The SMILES string of the molecule is CC(C)c1ccc(C(=O)Nc2nnc(-c3ccco3)s2)cc1. The maximum atomic E-state index is 12.2. The van der Waals surface area contributed by atoms with Crippen molar-refractivity contribution in [2.24, 2.45) is 0 Å². The van der Waals surface area contributed by atoms with E-state index in [4.69, 9.17) is 4.42 Å². The quantitative estimate of drug-likeness (QED) is 0.784. The van der Waals surface area contributed by atoms with Gasteiger partial charge in [0, 0.05) is 5.56 Å². The molecule has 0 aliphatic carbocycles. The van der Waals surface area contributed by atoms with Gasteiger partial charge >= 0.3 is 0 Å². The van der Waals surface area contributed by atoms with Crippen molar-refractivity contribution < 1.29 is 9.21 Å². The van der Waals surface area contributed by atoms with Crippen LogP contribution >= 0.6 is 11.3 Å². The molecule has 1 aromatic carbocycles. The number of carbonyl (C=O) groups excluding carboxylic acids is 1.